The van der Waals surface area contributed by atoms with Gasteiger partial charge in [-0.3, -0.25) is 10.1 Å². The normalized spacial score (nSPS) is 11.5. The van der Waals surface area contributed by atoms with Gasteiger partial charge in [-0.25, -0.2) is 0 Å². The van der Waals surface area contributed by atoms with E-state index in [1.54, 1.807) is 18.2 Å². The molecule has 1 heterocycles. The molecule has 3 rings (SSSR count). The lowest BCUT2D eigenvalue weighted by Gasteiger charge is -1.97. The van der Waals surface area contributed by atoms with E-state index in [1.165, 1.54) is 12.1 Å². The largest absolute Gasteiger partial charge is 0.415 e. The molecule has 1 aromatic heterocycles. The van der Waals surface area contributed by atoms with Crippen LogP contribution in [0.1, 0.15) is 17.0 Å². The summed E-state index contributed by atoms with van der Waals surface area (Å²) < 4.78 is 5.52. The van der Waals surface area contributed by atoms with Crippen molar-refractivity contribution in [1.29, 1.82) is 0 Å². The van der Waals surface area contributed by atoms with Gasteiger partial charge in [0.15, 0.2) is 0 Å². The van der Waals surface area contributed by atoms with Gasteiger partial charge in [-0.05, 0) is 24.6 Å². The molecule has 6 nitrogen and oxygen atoms in total. The minimum atomic E-state index is -0.481. The molecule has 0 spiro atoms. The van der Waals surface area contributed by atoms with Gasteiger partial charge in [0.2, 0.25) is 5.89 Å². The third-order valence-electron chi connectivity index (χ3n) is 3.30. The number of nitro benzene ring substituents is 1. The fourth-order valence-electron chi connectivity index (χ4n) is 2.06. The van der Waals surface area contributed by atoms with Crippen molar-refractivity contribution < 1.29 is 9.34 Å². The Morgan fingerprint density at radius 3 is 2.67 bits per heavy atom. The number of nitro groups is 1. The number of nitrogens with zero attached hydrogens (tertiary/aromatic N) is 3. The molecule has 0 aliphatic heterocycles. The molecule has 0 aliphatic carbocycles. The van der Waals surface area contributed by atoms with Gasteiger partial charge in [0.05, 0.1) is 4.92 Å². The molecule has 24 heavy (non-hydrogen) atoms. The van der Waals surface area contributed by atoms with Crippen LogP contribution in [0.2, 0.25) is 0 Å². The highest BCUT2D eigenvalue weighted by Crippen LogP contribution is 2.27. The van der Waals surface area contributed by atoms with E-state index < -0.39 is 4.92 Å². The second-order valence-electron chi connectivity index (χ2n) is 5.12. The molecule has 0 unspecified atom stereocenters. The van der Waals surface area contributed by atoms with Crippen LogP contribution in [0.25, 0.3) is 22.6 Å². The smallest absolute Gasteiger partial charge is 0.270 e. The monoisotopic (exact) mass is 341 g/mol. The highest BCUT2D eigenvalue weighted by Gasteiger charge is 2.14. The Balaban J connectivity index is 1.88. The summed E-state index contributed by atoms with van der Waals surface area (Å²) in [6.07, 6.45) is 1.71. The summed E-state index contributed by atoms with van der Waals surface area (Å²) in [5.74, 6) is 0.322. The van der Waals surface area contributed by atoms with E-state index in [4.69, 9.17) is 16.0 Å². The van der Waals surface area contributed by atoms with Crippen LogP contribution in [0, 0.1) is 17.0 Å². The number of benzene rings is 2. The van der Waals surface area contributed by atoms with Gasteiger partial charge in [-0.2, -0.15) is 0 Å². The van der Waals surface area contributed by atoms with Crippen molar-refractivity contribution in [2.24, 2.45) is 0 Å². The molecule has 120 valence electrons. The Bertz CT molecular complexity index is 917. The number of aryl methyl sites for hydroxylation is 1. The first kappa shape index (κ1) is 15.9. The second-order valence-corrected chi connectivity index (χ2v) is 5.53. The SMILES string of the molecule is Cc1ccc(/C=C(\Cl)c2nnc(-c3cccc([N+](=O)[O-])c3)o2)cc1. The highest BCUT2D eigenvalue weighted by atomic mass is 35.5. The van der Waals surface area contributed by atoms with Gasteiger partial charge < -0.3 is 4.42 Å². The maximum absolute atomic E-state index is 10.8. The minimum Gasteiger partial charge on any atom is -0.415 e. The lowest BCUT2D eigenvalue weighted by Crippen LogP contribution is -1.88. The first-order valence-corrected chi connectivity index (χ1v) is 7.43. The number of aromatic nitrogens is 2. The zero-order chi connectivity index (χ0) is 17.1. The van der Waals surface area contributed by atoms with E-state index in [-0.39, 0.29) is 17.5 Å². The predicted octanol–water partition coefficient (Wildman–Crippen LogP) is 4.69. The summed E-state index contributed by atoms with van der Waals surface area (Å²) >= 11 is 6.22. The van der Waals surface area contributed by atoms with Crippen LogP contribution < -0.4 is 0 Å². The van der Waals surface area contributed by atoms with E-state index in [2.05, 4.69) is 10.2 Å². The Morgan fingerprint density at radius 2 is 1.96 bits per heavy atom. The minimum absolute atomic E-state index is 0.0476. The molecule has 0 N–H and O–H groups in total. The van der Waals surface area contributed by atoms with Crippen molar-refractivity contribution in [3.63, 3.8) is 0 Å². The number of hydrogen-bond donors (Lipinski definition) is 0. The molecule has 0 saturated carbocycles. The maximum Gasteiger partial charge on any atom is 0.270 e. The van der Waals surface area contributed by atoms with Crippen LogP contribution in [0.15, 0.2) is 52.9 Å². The standard InChI is InChI=1S/C17H12ClN3O3/c1-11-5-7-12(8-6-11)9-15(18)17-20-19-16(24-17)13-3-2-4-14(10-13)21(22)23/h2-10H,1H3/b15-9-. The predicted molar refractivity (Wildman–Crippen MR) is 91.3 cm³/mol. The van der Waals surface area contributed by atoms with Crippen LogP contribution in [-0.4, -0.2) is 15.1 Å². The molecule has 0 atom stereocenters. The van der Waals surface area contributed by atoms with Crippen LogP contribution in [0.3, 0.4) is 0 Å². The first-order chi connectivity index (χ1) is 11.5. The molecule has 3 aromatic rings. The van der Waals surface area contributed by atoms with Crippen molar-refractivity contribution in [1.82, 2.24) is 10.2 Å². The van der Waals surface area contributed by atoms with Crippen LogP contribution in [0.5, 0.6) is 0 Å². The summed E-state index contributed by atoms with van der Waals surface area (Å²) in [5.41, 5.74) is 2.46. The summed E-state index contributed by atoms with van der Waals surface area (Å²) in [4.78, 5) is 10.4. The number of halogens is 1. The Labute approximate surface area is 142 Å². The summed E-state index contributed by atoms with van der Waals surface area (Å²) in [5, 5.41) is 18.9. The summed E-state index contributed by atoms with van der Waals surface area (Å²) in [6, 6.07) is 13.8. The quantitative estimate of drug-likeness (QED) is 0.508. The third kappa shape index (κ3) is 3.49. The molecule has 0 aliphatic rings. The van der Waals surface area contributed by atoms with Crippen molar-refractivity contribution in [3.05, 3.63) is 75.7 Å². The fourth-order valence-corrected chi connectivity index (χ4v) is 2.26. The number of non-ortho nitro benzene ring substituents is 1. The van der Waals surface area contributed by atoms with Crippen molar-refractivity contribution >= 4 is 28.4 Å². The Kier molecular flexibility index (Phi) is 4.39. The Hall–Kier alpha value is -2.99. The van der Waals surface area contributed by atoms with Crippen molar-refractivity contribution in [2.75, 3.05) is 0 Å². The van der Waals surface area contributed by atoms with Crippen LogP contribution in [-0.2, 0) is 0 Å². The van der Waals surface area contributed by atoms with E-state index in [9.17, 15) is 10.1 Å². The molecule has 2 aromatic carbocycles. The summed E-state index contributed by atoms with van der Waals surface area (Å²) in [7, 11) is 0. The van der Waals surface area contributed by atoms with Gasteiger partial charge in [0.1, 0.15) is 5.03 Å². The van der Waals surface area contributed by atoms with E-state index in [0.29, 0.717) is 10.6 Å². The van der Waals surface area contributed by atoms with Gasteiger partial charge >= 0.3 is 0 Å². The molecule has 0 amide bonds. The fraction of sp³-hybridized carbons (Fsp3) is 0.0588. The zero-order valence-electron chi connectivity index (χ0n) is 12.6. The molecule has 7 heteroatoms. The molecule has 0 fully saturated rings. The van der Waals surface area contributed by atoms with Gasteiger partial charge in [-0.15, -0.1) is 10.2 Å². The first-order valence-electron chi connectivity index (χ1n) is 7.05. The zero-order valence-corrected chi connectivity index (χ0v) is 13.4. The Morgan fingerprint density at radius 1 is 1.21 bits per heavy atom. The topological polar surface area (TPSA) is 82.1 Å². The van der Waals surface area contributed by atoms with E-state index in [1.807, 2.05) is 31.2 Å². The van der Waals surface area contributed by atoms with E-state index >= 15 is 0 Å². The average Bonchev–Trinajstić information content (AvgIpc) is 3.07. The number of hydrogen-bond acceptors (Lipinski definition) is 5. The summed E-state index contributed by atoms with van der Waals surface area (Å²) in [6.45, 7) is 2.00. The third-order valence-corrected chi connectivity index (χ3v) is 3.57. The molecular formula is C17H12ClN3O3. The second kappa shape index (κ2) is 6.64. The van der Waals surface area contributed by atoms with Crippen LogP contribution in [0.4, 0.5) is 5.69 Å². The van der Waals surface area contributed by atoms with Crippen molar-refractivity contribution in [2.45, 2.75) is 6.92 Å². The lowest BCUT2D eigenvalue weighted by molar-refractivity contribution is -0.384. The van der Waals surface area contributed by atoms with Gasteiger partial charge in [0.25, 0.3) is 11.6 Å². The molecule has 0 saturated heterocycles. The van der Waals surface area contributed by atoms with Crippen LogP contribution >= 0.6 is 11.6 Å². The van der Waals surface area contributed by atoms with Gasteiger partial charge in [0, 0.05) is 17.7 Å². The molecule has 0 radical (unpaired) electrons. The average molecular weight is 342 g/mol. The molecule has 0 bridgehead atoms. The van der Waals surface area contributed by atoms with Gasteiger partial charge in [-0.1, -0.05) is 47.5 Å². The van der Waals surface area contributed by atoms with E-state index in [0.717, 1.165) is 11.1 Å². The molecular weight excluding hydrogens is 330 g/mol. The maximum atomic E-state index is 10.8. The lowest BCUT2D eigenvalue weighted by atomic mass is 10.1. The highest BCUT2D eigenvalue weighted by molar-refractivity contribution is 6.50. The van der Waals surface area contributed by atoms with Crippen molar-refractivity contribution in [3.8, 4) is 11.5 Å². The number of rotatable bonds is 4.